The number of benzene rings is 1. The molecular weight excluding hydrogens is 240 g/mol. The van der Waals surface area contributed by atoms with Gasteiger partial charge in [0.25, 0.3) is 0 Å². The van der Waals surface area contributed by atoms with Crippen LogP contribution < -0.4 is 0 Å². The topological polar surface area (TPSA) is 28.7 Å². The van der Waals surface area contributed by atoms with Crippen LogP contribution >= 0.6 is 22.9 Å². The van der Waals surface area contributed by atoms with E-state index in [-0.39, 0.29) is 0 Å². The second-order valence-corrected chi connectivity index (χ2v) is 5.04. The van der Waals surface area contributed by atoms with Crippen LogP contribution in [0.3, 0.4) is 0 Å². The number of aromatic nitrogens is 2. The van der Waals surface area contributed by atoms with Gasteiger partial charge in [0.05, 0.1) is 5.01 Å². The summed E-state index contributed by atoms with van der Waals surface area (Å²) in [5, 5.41) is 5.04. The summed E-state index contributed by atoms with van der Waals surface area (Å²) < 4.78 is 0. The summed E-state index contributed by atoms with van der Waals surface area (Å²) in [6, 6.07) is 8.00. The molecule has 0 unspecified atom stereocenters. The molecule has 0 spiro atoms. The van der Waals surface area contributed by atoms with Gasteiger partial charge in [-0.25, -0.2) is 4.98 Å². The fraction of sp³-hybridized carbons (Fsp3) is 0.0833. The van der Waals surface area contributed by atoms with E-state index in [4.69, 9.17) is 11.6 Å². The lowest BCUT2D eigenvalue weighted by atomic mass is 10.2. The highest BCUT2D eigenvalue weighted by molar-refractivity contribution is 7.09. The van der Waals surface area contributed by atoms with Crippen LogP contribution in [0, 0.1) is 0 Å². The van der Waals surface area contributed by atoms with Crippen molar-refractivity contribution in [2.24, 2.45) is 0 Å². The van der Waals surface area contributed by atoms with E-state index in [2.05, 4.69) is 16.0 Å². The lowest BCUT2D eigenvalue weighted by Gasteiger charge is -1.91. The number of hydrogen-bond acceptors (Lipinski definition) is 2. The molecule has 4 heteroatoms. The molecule has 3 rings (SSSR count). The second kappa shape index (κ2) is 3.92. The van der Waals surface area contributed by atoms with Crippen LogP contribution in [-0.4, -0.2) is 9.97 Å². The summed E-state index contributed by atoms with van der Waals surface area (Å²) in [6.07, 6.45) is 2.68. The second-order valence-electron chi connectivity index (χ2n) is 3.63. The van der Waals surface area contributed by atoms with Crippen molar-refractivity contribution in [1.82, 2.24) is 9.97 Å². The van der Waals surface area contributed by atoms with E-state index in [1.165, 1.54) is 5.69 Å². The number of nitrogens with zero attached hydrogens (tertiary/aromatic N) is 1. The third-order valence-corrected chi connectivity index (χ3v) is 3.48. The van der Waals surface area contributed by atoms with Crippen molar-refractivity contribution in [2.75, 3.05) is 0 Å². The maximum Gasteiger partial charge on any atom is 0.0983 e. The van der Waals surface area contributed by atoms with Crippen LogP contribution in [-0.2, 0) is 6.42 Å². The molecule has 16 heavy (non-hydrogen) atoms. The summed E-state index contributed by atoms with van der Waals surface area (Å²) in [5.74, 6) is 0. The highest BCUT2D eigenvalue weighted by Crippen LogP contribution is 2.21. The molecule has 1 N–H and O–H groups in total. The van der Waals surface area contributed by atoms with E-state index in [9.17, 15) is 0 Å². The summed E-state index contributed by atoms with van der Waals surface area (Å²) >= 11 is 7.62. The van der Waals surface area contributed by atoms with Gasteiger partial charge in [-0.05, 0) is 24.3 Å². The van der Waals surface area contributed by atoms with Crippen LogP contribution in [0.5, 0.6) is 0 Å². The quantitative estimate of drug-likeness (QED) is 0.733. The van der Waals surface area contributed by atoms with E-state index in [1.54, 1.807) is 11.3 Å². The predicted octanol–water partition coefficient (Wildman–Crippen LogP) is 3.87. The van der Waals surface area contributed by atoms with Crippen LogP contribution in [0.25, 0.3) is 10.9 Å². The largest absolute Gasteiger partial charge is 0.358 e. The standard InChI is InChI=1S/C12H9ClN2S/c13-9-1-2-11-8(5-9)6-10(15-11)7-12-14-3-4-16-12/h1-6,15H,7H2. The molecule has 0 amide bonds. The van der Waals surface area contributed by atoms with Gasteiger partial charge in [0, 0.05) is 39.6 Å². The average Bonchev–Trinajstić information content (AvgIpc) is 2.86. The summed E-state index contributed by atoms with van der Waals surface area (Å²) in [6.45, 7) is 0. The Labute approximate surface area is 102 Å². The Bertz CT molecular complexity index is 613. The number of fused-ring (bicyclic) bond motifs is 1. The van der Waals surface area contributed by atoms with E-state index in [1.807, 2.05) is 29.8 Å². The van der Waals surface area contributed by atoms with Crippen molar-refractivity contribution in [1.29, 1.82) is 0 Å². The number of nitrogens with one attached hydrogen (secondary N) is 1. The third kappa shape index (κ3) is 1.84. The number of rotatable bonds is 2. The average molecular weight is 249 g/mol. The molecule has 0 atom stereocenters. The molecule has 0 fully saturated rings. The lowest BCUT2D eigenvalue weighted by molar-refractivity contribution is 1.09. The number of aromatic amines is 1. The summed E-state index contributed by atoms with van der Waals surface area (Å²) in [4.78, 5) is 7.64. The molecule has 0 bridgehead atoms. The predicted molar refractivity (Wildman–Crippen MR) is 68.2 cm³/mol. The molecular formula is C12H9ClN2S. The SMILES string of the molecule is Clc1ccc2[nH]c(Cc3nccs3)cc2c1. The van der Waals surface area contributed by atoms with Gasteiger partial charge in [0.2, 0.25) is 0 Å². The van der Waals surface area contributed by atoms with Gasteiger partial charge >= 0.3 is 0 Å². The fourth-order valence-electron chi connectivity index (χ4n) is 1.76. The Morgan fingerprint density at radius 1 is 1.31 bits per heavy atom. The first-order chi connectivity index (χ1) is 7.81. The molecule has 2 nitrogen and oxygen atoms in total. The third-order valence-electron chi connectivity index (χ3n) is 2.46. The maximum absolute atomic E-state index is 5.95. The first-order valence-corrected chi connectivity index (χ1v) is 6.22. The number of hydrogen-bond donors (Lipinski definition) is 1. The Balaban J connectivity index is 1.99. The molecule has 0 saturated carbocycles. The maximum atomic E-state index is 5.95. The van der Waals surface area contributed by atoms with Crippen LogP contribution in [0.2, 0.25) is 5.02 Å². The van der Waals surface area contributed by atoms with Crippen molar-refractivity contribution in [3.8, 4) is 0 Å². The Morgan fingerprint density at radius 2 is 2.25 bits per heavy atom. The van der Waals surface area contributed by atoms with E-state index in [0.717, 1.165) is 27.4 Å². The van der Waals surface area contributed by atoms with Crippen LogP contribution in [0.4, 0.5) is 0 Å². The van der Waals surface area contributed by atoms with Gasteiger partial charge in [-0.3, -0.25) is 0 Å². The van der Waals surface area contributed by atoms with Gasteiger partial charge in [0.1, 0.15) is 0 Å². The Morgan fingerprint density at radius 3 is 3.06 bits per heavy atom. The zero-order valence-electron chi connectivity index (χ0n) is 8.40. The smallest absolute Gasteiger partial charge is 0.0983 e. The Kier molecular flexibility index (Phi) is 2.42. The summed E-state index contributed by atoms with van der Waals surface area (Å²) in [7, 11) is 0. The zero-order chi connectivity index (χ0) is 11.0. The molecule has 0 saturated heterocycles. The van der Waals surface area contributed by atoms with Gasteiger partial charge in [-0.2, -0.15) is 0 Å². The molecule has 0 aliphatic rings. The molecule has 80 valence electrons. The minimum Gasteiger partial charge on any atom is -0.358 e. The van der Waals surface area contributed by atoms with E-state index < -0.39 is 0 Å². The number of H-pyrrole nitrogens is 1. The van der Waals surface area contributed by atoms with Gasteiger partial charge in [-0.15, -0.1) is 11.3 Å². The van der Waals surface area contributed by atoms with E-state index >= 15 is 0 Å². The Hall–Kier alpha value is -1.32. The fourth-order valence-corrected chi connectivity index (χ4v) is 2.58. The number of halogens is 1. The number of thiazole rings is 1. The zero-order valence-corrected chi connectivity index (χ0v) is 9.98. The van der Waals surface area contributed by atoms with Crippen molar-refractivity contribution in [2.45, 2.75) is 6.42 Å². The molecule has 3 aromatic rings. The first-order valence-electron chi connectivity index (χ1n) is 4.97. The van der Waals surface area contributed by atoms with Crippen LogP contribution in [0.15, 0.2) is 35.8 Å². The lowest BCUT2D eigenvalue weighted by Crippen LogP contribution is -1.85. The van der Waals surface area contributed by atoms with Gasteiger partial charge in [0.15, 0.2) is 0 Å². The minimum atomic E-state index is 0.771. The molecule has 0 aliphatic heterocycles. The summed E-state index contributed by atoms with van der Waals surface area (Å²) in [5.41, 5.74) is 2.29. The van der Waals surface area contributed by atoms with E-state index in [0.29, 0.717) is 0 Å². The van der Waals surface area contributed by atoms with Gasteiger partial charge < -0.3 is 4.98 Å². The van der Waals surface area contributed by atoms with Crippen molar-refractivity contribution in [3.63, 3.8) is 0 Å². The highest BCUT2D eigenvalue weighted by atomic mass is 35.5. The molecule has 0 aliphatic carbocycles. The van der Waals surface area contributed by atoms with Gasteiger partial charge in [-0.1, -0.05) is 11.6 Å². The van der Waals surface area contributed by atoms with Crippen molar-refractivity contribution < 1.29 is 0 Å². The van der Waals surface area contributed by atoms with Crippen molar-refractivity contribution >= 4 is 33.8 Å². The van der Waals surface area contributed by atoms with Crippen LogP contribution in [0.1, 0.15) is 10.7 Å². The monoisotopic (exact) mass is 248 g/mol. The molecule has 2 heterocycles. The normalized spacial score (nSPS) is 11.1. The molecule has 0 radical (unpaired) electrons. The molecule has 1 aromatic carbocycles. The molecule has 2 aromatic heterocycles. The van der Waals surface area contributed by atoms with Crippen molar-refractivity contribution in [3.05, 3.63) is 51.6 Å². The highest BCUT2D eigenvalue weighted by Gasteiger charge is 2.03. The first kappa shape index (κ1) is 9.87. The minimum absolute atomic E-state index is 0.771.